The highest BCUT2D eigenvalue weighted by molar-refractivity contribution is 7.13. The minimum atomic E-state index is -0.476. The normalized spacial score (nSPS) is 11.9. The van der Waals surface area contributed by atoms with Crippen LogP contribution in [0.4, 0.5) is 5.69 Å². The van der Waals surface area contributed by atoms with Gasteiger partial charge in [-0.05, 0) is 13.3 Å². The standard InChI is InChI=1S/C14H15N3O4S/c1-9(18)5-6-15-13(19)12-8-22-14(16-12)10-3-2-4-11(7-10)17(20)21/h2-4,7-9,18H,5-6H2,1H3,(H,15,19). The van der Waals surface area contributed by atoms with E-state index in [-0.39, 0.29) is 17.3 Å². The van der Waals surface area contributed by atoms with Crippen LogP contribution in [0.2, 0.25) is 0 Å². The smallest absolute Gasteiger partial charge is 0.270 e. The summed E-state index contributed by atoms with van der Waals surface area (Å²) < 4.78 is 0. The number of nitrogens with one attached hydrogen (secondary N) is 1. The molecule has 0 aliphatic rings. The Labute approximate surface area is 130 Å². The molecule has 0 radical (unpaired) electrons. The zero-order valence-electron chi connectivity index (χ0n) is 11.9. The highest BCUT2D eigenvalue weighted by Gasteiger charge is 2.13. The Bertz CT molecular complexity index is 684. The number of amides is 1. The van der Waals surface area contributed by atoms with E-state index in [2.05, 4.69) is 10.3 Å². The first-order chi connectivity index (χ1) is 10.5. The molecule has 2 aromatic rings. The minimum Gasteiger partial charge on any atom is -0.393 e. The molecule has 0 spiro atoms. The molecule has 1 unspecified atom stereocenters. The molecule has 0 fully saturated rings. The van der Waals surface area contributed by atoms with Crippen LogP contribution in [0.5, 0.6) is 0 Å². The van der Waals surface area contributed by atoms with E-state index in [0.29, 0.717) is 23.5 Å². The second-order valence-corrected chi connectivity index (χ2v) is 5.60. The van der Waals surface area contributed by atoms with Gasteiger partial charge in [0.25, 0.3) is 11.6 Å². The highest BCUT2D eigenvalue weighted by Crippen LogP contribution is 2.26. The van der Waals surface area contributed by atoms with E-state index in [0.717, 1.165) is 0 Å². The second-order valence-electron chi connectivity index (χ2n) is 4.74. The van der Waals surface area contributed by atoms with Crippen LogP contribution in [0.1, 0.15) is 23.8 Å². The fourth-order valence-corrected chi connectivity index (χ4v) is 2.55. The summed E-state index contributed by atoms with van der Waals surface area (Å²) in [6.07, 6.45) is -0.00989. The third-order valence-corrected chi connectivity index (χ3v) is 3.78. The van der Waals surface area contributed by atoms with Crippen molar-refractivity contribution in [2.45, 2.75) is 19.4 Å². The van der Waals surface area contributed by atoms with Crippen molar-refractivity contribution in [3.8, 4) is 10.6 Å². The molecule has 1 atom stereocenters. The van der Waals surface area contributed by atoms with Crippen LogP contribution in [0.3, 0.4) is 0 Å². The minimum absolute atomic E-state index is 0.0179. The Hall–Kier alpha value is -2.32. The molecule has 116 valence electrons. The third kappa shape index (κ3) is 4.09. The number of carbonyl (C=O) groups excluding carboxylic acids is 1. The van der Waals surface area contributed by atoms with Gasteiger partial charge in [-0.1, -0.05) is 12.1 Å². The lowest BCUT2D eigenvalue weighted by Crippen LogP contribution is -2.26. The van der Waals surface area contributed by atoms with Gasteiger partial charge in [-0.15, -0.1) is 11.3 Å². The average molecular weight is 321 g/mol. The van der Waals surface area contributed by atoms with Crippen LogP contribution >= 0.6 is 11.3 Å². The summed E-state index contributed by atoms with van der Waals surface area (Å²) >= 11 is 1.25. The number of aromatic nitrogens is 1. The van der Waals surface area contributed by atoms with Crippen LogP contribution in [0, 0.1) is 10.1 Å². The molecule has 0 aliphatic heterocycles. The van der Waals surface area contributed by atoms with Crippen molar-refractivity contribution < 1.29 is 14.8 Å². The van der Waals surface area contributed by atoms with E-state index in [1.165, 1.54) is 23.5 Å². The van der Waals surface area contributed by atoms with Crippen molar-refractivity contribution >= 4 is 22.9 Å². The average Bonchev–Trinajstić information content (AvgIpc) is 2.96. The number of thiazole rings is 1. The maximum Gasteiger partial charge on any atom is 0.270 e. The van der Waals surface area contributed by atoms with Crippen molar-refractivity contribution in [3.05, 3.63) is 45.5 Å². The van der Waals surface area contributed by atoms with E-state index in [9.17, 15) is 14.9 Å². The van der Waals surface area contributed by atoms with Crippen molar-refractivity contribution in [3.63, 3.8) is 0 Å². The van der Waals surface area contributed by atoms with Gasteiger partial charge in [-0.2, -0.15) is 0 Å². The van der Waals surface area contributed by atoms with E-state index < -0.39 is 11.0 Å². The highest BCUT2D eigenvalue weighted by atomic mass is 32.1. The van der Waals surface area contributed by atoms with Crippen molar-refractivity contribution in [2.24, 2.45) is 0 Å². The molecule has 1 aromatic carbocycles. The SMILES string of the molecule is CC(O)CCNC(=O)c1csc(-c2cccc([N+](=O)[O-])c2)n1. The Morgan fingerprint density at radius 2 is 2.32 bits per heavy atom. The van der Waals surface area contributed by atoms with Crippen LogP contribution < -0.4 is 5.32 Å². The maximum absolute atomic E-state index is 11.9. The molecule has 2 rings (SSSR count). The third-order valence-electron chi connectivity index (χ3n) is 2.89. The van der Waals surface area contributed by atoms with Gasteiger partial charge in [-0.3, -0.25) is 14.9 Å². The van der Waals surface area contributed by atoms with Gasteiger partial charge in [0.15, 0.2) is 0 Å². The number of hydrogen-bond acceptors (Lipinski definition) is 6. The largest absolute Gasteiger partial charge is 0.393 e. The fourth-order valence-electron chi connectivity index (χ4n) is 1.75. The van der Waals surface area contributed by atoms with Crippen molar-refractivity contribution in [1.29, 1.82) is 0 Å². The van der Waals surface area contributed by atoms with Crippen molar-refractivity contribution in [2.75, 3.05) is 6.54 Å². The van der Waals surface area contributed by atoms with Crippen LogP contribution in [-0.4, -0.2) is 33.6 Å². The van der Waals surface area contributed by atoms with Crippen LogP contribution in [0.25, 0.3) is 10.6 Å². The molecule has 7 nitrogen and oxygen atoms in total. The molecule has 1 aromatic heterocycles. The Balaban J connectivity index is 2.09. The summed E-state index contributed by atoms with van der Waals surface area (Å²) in [7, 11) is 0. The van der Waals surface area contributed by atoms with E-state index in [4.69, 9.17) is 5.11 Å². The summed E-state index contributed by atoms with van der Waals surface area (Å²) in [4.78, 5) is 26.4. The second kappa shape index (κ2) is 7.10. The number of carbonyl (C=O) groups is 1. The molecule has 1 amide bonds. The molecule has 2 N–H and O–H groups in total. The Kier molecular flexibility index (Phi) is 5.18. The van der Waals surface area contributed by atoms with Gasteiger partial charge < -0.3 is 10.4 Å². The van der Waals surface area contributed by atoms with E-state index in [1.54, 1.807) is 24.4 Å². The van der Waals surface area contributed by atoms with E-state index >= 15 is 0 Å². The maximum atomic E-state index is 11.9. The molecule has 0 saturated heterocycles. The van der Waals surface area contributed by atoms with Gasteiger partial charge in [0.1, 0.15) is 10.7 Å². The molecule has 22 heavy (non-hydrogen) atoms. The molecular weight excluding hydrogens is 306 g/mol. The molecule has 1 heterocycles. The van der Waals surface area contributed by atoms with Crippen LogP contribution in [-0.2, 0) is 0 Å². The number of aliphatic hydroxyl groups excluding tert-OH is 1. The number of benzene rings is 1. The van der Waals surface area contributed by atoms with Crippen molar-refractivity contribution in [1.82, 2.24) is 10.3 Å². The summed E-state index contributed by atoms with van der Waals surface area (Å²) in [5.74, 6) is -0.325. The lowest BCUT2D eigenvalue weighted by atomic mass is 10.2. The van der Waals surface area contributed by atoms with Gasteiger partial charge >= 0.3 is 0 Å². The molecule has 0 bridgehead atoms. The molecule has 0 saturated carbocycles. The summed E-state index contributed by atoms with van der Waals surface area (Å²) in [6, 6.07) is 6.12. The van der Waals surface area contributed by atoms with Gasteiger partial charge in [0.2, 0.25) is 0 Å². The molecule has 8 heteroatoms. The number of nitro groups is 1. The molecule has 0 aliphatic carbocycles. The first-order valence-electron chi connectivity index (χ1n) is 6.64. The predicted octanol–water partition coefficient (Wildman–Crippen LogP) is 2.22. The first-order valence-corrected chi connectivity index (χ1v) is 7.52. The monoisotopic (exact) mass is 321 g/mol. The zero-order valence-corrected chi connectivity index (χ0v) is 12.7. The van der Waals surface area contributed by atoms with E-state index in [1.807, 2.05) is 0 Å². The number of aliphatic hydroxyl groups is 1. The number of hydrogen-bond donors (Lipinski definition) is 2. The number of nitro benzene ring substituents is 1. The zero-order chi connectivity index (χ0) is 16.1. The quantitative estimate of drug-likeness (QED) is 0.627. The van der Waals surface area contributed by atoms with Crippen LogP contribution in [0.15, 0.2) is 29.6 Å². The topological polar surface area (TPSA) is 105 Å². The lowest BCUT2D eigenvalue weighted by Gasteiger charge is -2.04. The number of rotatable bonds is 6. The Morgan fingerprint density at radius 3 is 3.00 bits per heavy atom. The van der Waals surface area contributed by atoms with Gasteiger partial charge in [0, 0.05) is 29.6 Å². The Morgan fingerprint density at radius 1 is 1.55 bits per heavy atom. The first kappa shape index (κ1) is 16.1. The number of non-ortho nitro benzene ring substituents is 1. The molecular formula is C14H15N3O4S. The lowest BCUT2D eigenvalue weighted by molar-refractivity contribution is -0.384. The summed E-state index contributed by atoms with van der Waals surface area (Å²) in [5, 5.41) is 24.7. The predicted molar refractivity (Wildman–Crippen MR) is 82.8 cm³/mol. The number of nitrogens with zero attached hydrogens (tertiary/aromatic N) is 2. The fraction of sp³-hybridized carbons (Fsp3) is 0.286. The summed E-state index contributed by atoms with van der Waals surface area (Å²) in [5.41, 5.74) is 0.843. The summed E-state index contributed by atoms with van der Waals surface area (Å²) in [6.45, 7) is 2.01. The van der Waals surface area contributed by atoms with Gasteiger partial charge in [-0.25, -0.2) is 4.98 Å². The van der Waals surface area contributed by atoms with Gasteiger partial charge in [0.05, 0.1) is 11.0 Å².